The van der Waals surface area contributed by atoms with Crippen molar-refractivity contribution < 1.29 is 13.3 Å². The van der Waals surface area contributed by atoms with Crippen molar-refractivity contribution in [1.82, 2.24) is 4.31 Å². The van der Waals surface area contributed by atoms with Crippen molar-refractivity contribution in [2.45, 2.75) is 37.6 Å². The van der Waals surface area contributed by atoms with E-state index < -0.39 is 14.9 Å². The van der Waals surface area contributed by atoms with E-state index in [0.29, 0.717) is 25.3 Å². The van der Waals surface area contributed by atoms with Gasteiger partial charge in [-0.05, 0) is 37.5 Å². The average Bonchev–Trinajstić information content (AvgIpc) is 2.68. The summed E-state index contributed by atoms with van der Waals surface area (Å²) < 4.78 is 26.9. The van der Waals surface area contributed by atoms with E-state index >= 15 is 0 Å². The van der Waals surface area contributed by atoms with Crippen LogP contribution in [-0.2, 0) is 16.6 Å². The van der Waals surface area contributed by atoms with Gasteiger partial charge in [0, 0.05) is 25.7 Å². The number of nitro groups is 1. The zero-order valence-corrected chi connectivity index (χ0v) is 16.0. The van der Waals surface area contributed by atoms with Crippen LogP contribution >= 0.6 is 0 Å². The van der Waals surface area contributed by atoms with Crippen LogP contribution in [0.25, 0.3) is 0 Å². The van der Waals surface area contributed by atoms with E-state index in [1.54, 1.807) is 0 Å². The van der Waals surface area contributed by atoms with Crippen LogP contribution in [0.3, 0.4) is 0 Å². The van der Waals surface area contributed by atoms with Crippen molar-refractivity contribution in [2.24, 2.45) is 0 Å². The van der Waals surface area contributed by atoms with E-state index in [9.17, 15) is 18.5 Å². The molecule has 7 nitrogen and oxygen atoms in total. The Labute approximate surface area is 159 Å². The van der Waals surface area contributed by atoms with Crippen LogP contribution < -0.4 is 5.32 Å². The van der Waals surface area contributed by atoms with Gasteiger partial charge in [0.05, 0.1) is 9.82 Å². The maximum absolute atomic E-state index is 12.8. The van der Waals surface area contributed by atoms with Crippen LogP contribution in [0, 0.1) is 17.0 Å². The van der Waals surface area contributed by atoms with Gasteiger partial charge in [-0.25, -0.2) is 8.42 Å². The number of piperidine rings is 1. The minimum Gasteiger partial charge on any atom is -0.375 e. The molecule has 27 heavy (non-hydrogen) atoms. The first kappa shape index (κ1) is 19.3. The van der Waals surface area contributed by atoms with Gasteiger partial charge in [-0.3, -0.25) is 10.1 Å². The van der Waals surface area contributed by atoms with Gasteiger partial charge in [-0.1, -0.05) is 36.2 Å². The quantitative estimate of drug-likeness (QED) is 0.601. The summed E-state index contributed by atoms with van der Waals surface area (Å²) in [4.78, 5) is 10.9. The molecule has 1 fully saturated rings. The number of sulfonamides is 1. The molecule has 1 saturated heterocycles. The van der Waals surface area contributed by atoms with Gasteiger partial charge in [0.25, 0.3) is 5.69 Å². The maximum Gasteiger partial charge on any atom is 0.293 e. The predicted molar refractivity (Wildman–Crippen MR) is 104 cm³/mol. The second kappa shape index (κ2) is 8.06. The van der Waals surface area contributed by atoms with Crippen LogP contribution in [0.1, 0.15) is 30.4 Å². The third-order valence-corrected chi connectivity index (χ3v) is 6.62. The van der Waals surface area contributed by atoms with E-state index in [-0.39, 0.29) is 10.6 Å². The van der Waals surface area contributed by atoms with Crippen molar-refractivity contribution in [3.8, 4) is 0 Å². The Hall–Kier alpha value is -2.45. The highest BCUT2D eigenvalue weighted by molar-refractivity contribution is 7.89. The summed E-state index contributed by atoms with van der Waals surface area (Å²) in [6, 6.07) is 11.9. The monoisotopic (exact) mass is 389 g/mol. The number of benzene rings is 2. The van der Waals surface area contributed by atoms with Gasteiger partial charge < -0.3 is 5.32 Å². The molecule has 0 radical (unpaired) electrons. The van der Waals surface area contributed by atoms with E-state index in [2.05, 4.69) is 5.32 Å². The topological polar surface area (TPSA) is 92.6 Å². The van der Waals surface area contributed by atoms with E-state index in [1.165, 1.54) is 16.4 Å². The van der Waals surface area contributed by atoms with Gasteiger partial charge >= 0.3 is 0 Å². The molecule has 0 aliphatic carbocycles. The van der Waals surface area contributed by atoms with Gasteiger partial charge in [-0.15, -0.1) is 0 Å². The van der Waals surface area contributed by atoms with E-state index in [4.69, 9.17) is 0 Å². The summed E-state index contributed by atoms with van der Waals surface area (Å²) >= 11 is 0. The highest BCUT2D eigenvalue weighted by Crippen LogP contribution is 2.30. The van der Waals surface area contributed by atoms with E-state index in [0.717, 1.165) is 36.5 Å². The Bertz CT molecular complexity index is 920. The highest BCUT2D eigenvalue weighted by Gasteiger charge is 2.28. The van der Waals surface area contributed by atoms with Crippen molar-refractivity contribution in [3.63, 3.8) is 0 Å². The van der Waals surface area contributed by atoms with Crippen LogP contribution in [-0.4, -0.2) is 30.7 Å². The molecule has 0 spiro atoms. The fourth-order valence-electron chi connectivity index (χ4n) is 3.13. The molecule has 0 amide bonds. The molecule has 0 unspecified atom stereocenters. The zero-order valence-electron chi connectivity index (χ0n) is 15.2. The molecule has 2 aromatic carbocycles. The molecular weight excluding hydrogens is 366 g/mol. The van der Waals surface area contributed by atoms with Gasteiger partial charge in [0.15, 0.2) is 0 Å². The lowest BCUT2D eigenvalue weighted by molar-refractivity contribution is -0.384. The second-order valence-electron chi connectivity index (χ2n) is 6.74. The number of nitro benzene ring substituents is 1. The lowest BCUT2D eigenvalue weighted by Gasteiger charge is -2.25. The van der Waals surface area contributed by atoms with Gasteiger partial charge in [-0.2, -0.15) is 4.31 Å². The molecule has 0 saturated carbocycles. The summed E-state index contributed by atoms with van der Waals surface area (Å²) in [7, 11) is -3.71. The number of hydrogen-bond donors (Lipinski definition) is 1. The first-order valence-corrected chi connectivity index (χ1v) is 10.4. The molecule has 1 N–H and O–H groups in total. The minimum atomic E-state index is -3.71. The van der Waals surface area contributed by atoms with Crippen molar-refractivity contribution >= 4 is 21.4 Å². The van der Waals surface area contributed by atoms with Crippen LogP contribution in [0.5, 0.6) is 0 Å². The zero-order chi connectivity index (χ0) is 19.4. The van der Waals surface area contributed by atoms with E-state index in [1.807, 2.05) is 31.2 Å². The van der Waals surface area contributed by atoms with Gasteiger partial charge in [0.1, 0.15) is 5.69 Å². The number of rotatable bonds is 6. The van der Waals surface area contributed by atoms with Crippen LogP contribution in [0.2, 0.25) is 0 Å². The summed E-state index contributed by atoms with van der Waals surface area (Å²) in [5.74, 6) is 0. The fraction of sp³-hybridized carbons (Fsp3) is 0.368. The van der Waals surface area contributed by atoms with Crippen molar-refractivity contribution in [3.05, 3.63) is 63.7 Å². The average molecular weight is 389 g/mol. The third kappa shape index (κ3) is 4.45. The largest absolute Gasteiger partial charge is 0.375 e. The summed E-state index contributed by atoms with van der Waals surface area (Å²) in [5, 5.41) is 14.5. The summed E-state index contributed by atoms with van der Waals surface area (Å²) in [6.45, 7) is 3.33. The lowest BCUT2D eigenvalue weighted by atomic mass is 10.1. The number of nitrogens with zero attached hydrogens (tertiary/aromatic N) is 2. The molecule has 1 aliphatic rings. The minimum absolute atomic E-state index is 0.0306. The first-order chi connectivity index (χ1) is 12.9. The molecular formula is C19H23N3O4S. The summed E-state index contributed by atoms with van der Waals surface area (Å²) in [6.07, 6.45) is 2.64. The predicted octanol–water partition coefficient (Wildman–Crippen LogP) is 3.69. The Morgan fingerprint density at radius 1 is 1.07 bits per heavy atom. The standard InChI is InChI=1S/C19H23N3O4S/c1-15-5-7-16(8-6-15)14-20-18-10-9-17(13-19(18)22(23)24)27(25,26)21-11-3-2-4-12-21/h5-10,13,20H,2-4,11-12,14H2,1H3. The normalized spacial score (nSPS) is 15.4. The first-order valence-electron chi connectivity index (χ1n) is 8.96. The molecule has 0 atom stereocenters. The number of aryl methyl sites for hydroxylation is 1. The number of hydrogen-bond acceptors (Lipinski definition) is 5. The van der Waals surface area contributed by atoms with Crippen molar-refractivity contribution in [2.75, 3.05) is 18.4 Å². The number of anilines is 1. The molecule has 2 aromatic rings. The molecule has 0 aromatic heterocycles. The maximum atomic E-state index is 12.8. The van der Waals surface area contributed by atoms with Crippen LogP contribution in [0.4, 0.5) is 11.4 Å². The molecule has 0 bridgehead atoms. The molecule has 144 valence electrons. The van der Waals surface area contributed by atoms with Gasteiger partial charge in [0.2, 0.25) is 10.0 Å². The molecule has 1 aliphatic heterocycles. The fourth-order valence-corrected chi connectivity index (χ4v) is 4.67. The molecule has 3 rings (SSSR count). The SMILES string of the molecule is Cc1ccc(CNc2ccc(S(=O)(=O)N3CCCCC3)cc2[N+](=O)[O-])cc1. The number of nitrogens with one attached hydrogen (secondary N) is 1. The smallest absolute Gasteiger partial charge is 0.293 e. The lowest BCUT2D eigenvalue weighted by Crippen LogP contribution is -2.35. The Balaban J connectivity index is 1.84. The van der Waals surface area contributed by atoms with Crippen molar-refractivity contribution in [1.29, 1.82) is 0 Å². The Morgan fingerprint density at radius 2 is 1.74 bits per heavy atom. The Morgan fingerprint density at radius 3 is 2.37 bits per heavy atom. The second-order valence-corrected chi connectivity index (χ2v) is 8.68. The summed E-state index contributed by atoms with van der Waals surface area (Å²) in [5.41, 5.74) is 2.19. The molecule has 8 heteroatoms. The Kier molecular flexibility index (Phi) is 5.76. The third-order valence-electron chi connectivity index (χ3n) is 4.72. The molecule has 1 heterocycles. The highest BCUT2D eigenvalue weighted by atomic mass is 32.2. The van der Waals surface area contributed by atoms with Crippen LogP contribution in [0.15, 0.2) is 47.4 Å².